The van der Waals surface area contributed by atoms with Gasteiger partial charge in [-0.25, -0.2) is 9.97 Å². The molecule has 0 spiro atoms. The van der Waals surface area contributed by atoms with Gasteiger partial charge in [-0.2, -0.15) is 0 Å². The van der Waals surface area contributed by atoms with Crippen molar-refractivity contribution < 1.29 is 9.90 Å². The number of nitrogens with one attached hydrogen (secondary N) is 1. The van der Waals surface area contributed by atoms with Crippen molar-refractivity contribution in [1.29, 1.82) is 0 Å². The molecular weight excluding hydrogens is 194 g/mol. The van der Waals surface area contributed by atoms with Crippen molar-refractivity contribution in [2.75, 3.05) is 7.05 Å². The average molecular weight is 209 g/mol. The molecule has 1 unspecified atom stereocenters. The standard InChI is InChI=1S/C10H15N3O2/c1-4-7-5-6(2)12-9(13-7)8(11-3)10(14)15/h5,8,11H,4H2,1-3H3,(H,14,15). The smallest absolute Gasteiger partial charge is 0.328 e. The molecule has 0 aliphatic carbocycles. The number of aliphatic carboxylic acids is 1. The summed E-state index contributed by atoms with van der Waals surface area (Å²) in [5, 5.41) is 11.6. The molecule has 0 radical (unpaired) electrons. The summed E-state index contributed by atoms with van der Waals surface area (Å²) in [7, 11) is 1.58. The van der Waals surface area contributed by atoms with Gasteiger partial charge in [0.05, 0.1) is 0 Å². The maximum Gasteiger partial charge on any atom is 0.328 e. The number of aromatic nitrogens is 2. The van der Waals surface area contributed by atoms with Gasteiger partial charge in [0, 0.05) is 11.4 Å². The lowest BCUT2D eigenvalue weighted by molar-refractivity contribution is -0.139. The Morgan fingerprint density at radius 3 is 2.73 bits per heavy atom. The van der Waals surface area contributed by atoms with Crippen molar-refractivity contribution in [3.63, 3.8) is 0 Å². The highest BCUT2D eigenvalue weighted by Gasteiger charge is 2.20. The van der Waals surface area contributed by atoms with Crippen LogP contribution < -0.4 is 5.32 Å². The molecule has 1 aromatic rings. The molecule has 1 atom stereocenters. The van der Waals surface area contributed by atoms with Crippen LogP contribution >= 0.6 is 0 Å². The van der Waals surface area contributed by atoms with Crippen LogP contribution in [0, 0.1) is 6.92 Å². The zero-order valence-electron chi connectivity index (χ0n) is 9.11. The van der Waals surface area contributed by atoms with Crippen molar-refractivity contribution in [3.8, 4) is 0 Å². The predicted molar refractivity (Wildman–Crippen MR) is 55.6 cm³/mol. The van der Waals surface area contributed by atoms with Crippen LogP contribution in [-0.4, -0.2) is 28.1 Å². The highest BCUT2D eigenvalue weighted by Crippen LogP contribution is 2.10. The Morgan fingerprint density at radius 2 is 2.27 bits per heavy atom. The summed E-state index contributed by atoms with van der Waals surface area (Å²) in [5.74, 6) is -0.646. The maximum atomic E-state index is 10.9. The van der Waals surface area contributed by atoms with Crippen LogP contribution in [0.25, 0.3) is 0 Å². The molecule has 5 nitrogen and oxygen atoms in total. The summed E-state index contributed by atoms with van der Waals surface area (Å²) in [6.45, 7) is 3.81. The second-order valence-electron chi connectivity index (χ2n) is 3.27. The Morgan fingerprint density at radius 1 is 1.60 bits per heavy atom. The first-order valence-electron chi connectivity index (χ1n) is 4.83. The van der Waals surface area contributed by atoms with Crippen LogP contribution in [0.1, 0.15) is 30.2 Å². The van der Waals surface area contributed by atoms with E-state index in [9.17, 15) is 4.79 Å². The minimum Gasteiger partial charge on any atom is -0.480 e. The van der Waals surface area contributed by atoms with E-state index in [1.807, 2.05) is 19.9 Å². The van der Waals surface area contributed by atoms with E-state index in [0.717, 1.165) is 17.8 Å². The molecule has 1 rings (SSSR count). The van der Waals surface area contributed by atoms with Gasteiger partial charge >= 0.3 is 5.97 Å². The number of hydrogen-bond acceptors (Lipinski definition) is 4. The van der Waals surface area contributed by atoms with E-state index >= 15 is 0 Å². The van der Waals surface area contributed by atoms with Gasteiger partial charge in [0.1, 0.15) is 0 Å². The summed E-state index contributed by atoms with van der Waals surface area (Å²) >= 11 is 0. The number of carboxylic acids is 1. The number of carbonyl (C=O) groups is 1. The van der Waals surface area contributed by atoms with Crippen molar-refractivity contribution >= 4 is 5.97 Å². The van der Waals surface area contributed by atoms with Gasteiger partial charge < -0.3 is 10.4 Å². The normalized spacial score (nSPS) is 12.5. The predicted octanol–water partition coefficient (Wildman–Crippen LogP) is 0.693. The molecule has 0 amide bonds. The third-order valence-corrected chi connectivity index (χ3v) is 2.08. The van der Waals surface area contributed by atoms with E-state index in [1.165, 1.54) is 0 Å². The second-order valence-corrected chi connectivity index (χ2v) is 3.27. The molecule has 0 aliphatic rings. The van der Waals surface area contributed by atoms with Gasteiger partial charge in [-0.15, -0.1) is 0 Å². The fourth-order valence-corrected chi connectivity index (χ4v) is 1.33. The Kier molecular flexibility index (Phi) is 3.74. The zero-order chi connectivity index (χ0) is 11.4. The number of nitrogens with zero attached hydrogens (tertiary/aromatic N) is 2. The SMILES string of the molecule is CCc1cc(C)nc(C(NC)C(=O)O)n1. The fourth-order valence-electron chi connectivity index (χ4n) is 1.33. The van der Waals surface area contributed by atoms with E-state index in [-0.39, 0.29) is 0 Å². The molecule has 1 heterocycles. The van der Waals surface area contributed by atoms with E-state index in [4.69, 9.17) is 5.11 Å². The Bertz CT molecular complexity index is 366. The quantitative estimate of drug-likeness (QED) is 0.763. The highest BCUT2D eigenvalue weighted by atomic mass is 16.4. The first-order chi connectivity index (χ1) is 7.08. The molecule has 0 bridgehead atoms. The van der Waals surface area contributed by atoms with Gasteiger partial charge in [0.15, 0.2) is 11.9 Å². The summed E-state index contributed by atoms with van der Waals surface area (Å²) in [4.78, 5) is 19.2. The molecule has 82 valence electrons. The molecule has 2 N–H and O–H groups in total. The first kappa shape index (κ1) is 11.6. The Labute approximate surface area is 88.6 Å². The summed E-state index contributed by atoms with van der Waals surface area (Å²) < 4.78 is 0. The van der Waals surface area contributed by atoms with Crippen molar-refractivity contribution in [2.24, 2.45) is 0 Å². The van der Waals surface area contributed by atoms with Crippen LogP contribution in [0.2, 0.25) is 0 Å². The van der Waals surface area contributed by atoms with Crippen LogP contribution in [0.15, 0.2) is 6.07 Å². The monoisotopic (exact) mass is 209 g/mol. The Hall–Kier alpha value is -1.49. The molecule has 5 heteroatoms. The summed E-state index contributed by atoms with van der Waals surface area (Å²) in [5.41, 5.74) is 1.65. The van der Waals surface area contributed by atoms with E-state index in [2.05, 4.69) is 15.3 Å². The molecule has 0 fully saturated rings. The molecule has 1 aromatic heterocycles. The molecule has 0 aromatic carbocycles. The lowest BCUT2D eigenvalue weighted by Gasteiger charge is -2.11. The van der Waals surface area contributed by atoms with Crippen LogP contribution in [0.3, 0.4) is 0 Å². The van der Waals surface area contributed by atoms with Crippen molar-refractivity contribution in [2.45, 2.75) is 26.3 Å². The average Bonchev–Trinajstić information content (AvgIpc) is 2.17. The van der Waals surface area contributed by atoms with Gasteiger partial charge in [0.2, 0.25) is 0 Å². The summed E-state index contributed by atoms with van der Waals surface area (Å²) in [6.07, 6.45) is 0.770. The fraction of sp³-hybridized carbons (Fsp3) is 0.500. The first-order valence-corrected chi connectivity index (χ1v) is 4.83. The number of aryl methyl sites for hydroxylation is 2. The van der Waals surface area contributed by atoms with Crippen LogP contribution in [-0.2, 0) is 11.2 Å². The maximum absolute atomic E-state index is 10.9. The lowest BCUT2D eigenvalue weighted by Crippen LogP contribution is -2.27. The third kappa shape index (κ3) is 2.73. The molecular formula is C10H15N3O2. The van der Waals surface area contributed by atoms with Gasteiger partial charge in [-0.1, -0.05) is 6.92 Å². The third-order valence-electron chi connectivity index (χ3n) is 2.08. The van der Waals surface area contributed by atoms with E-state index in [1.54, 1.807) is 7.05 Å². The van der Waals surface area contributed by atoms with Gasteiger partial charge in [-0.3, -0.25) is 4.79 Å². The van der Waals surface area contributed by atoms with E-state index < -0.39 is 12.0 Å². The van der Waals surface area contributed by atoms with Crippen molar-refractivity contribution in [3.05, 3.63) is 23.3 Å². The summed E-state index contributed by atoms with van der Waals surface area (Å²) in [6, 6.07) is 1.02. The highest BCUT2D eigenvalue weighted by molar-refractivity contribution is 5.74. The molecule has 0 saturated carbocycles. The molecule has 0 aliphatic heterocycles. The van der Waals surface area contributed by atoms with Gasteiger partial charge in [0.25, 0.3) is 0 Å². The van der Waals surface area contributed by atoms with Crippen LogP contribution in [0.5, 0.6) is 0 Å². The van der Waals surface area contributed by atoms with Crippen molar-refractivity contribution in [1.82, 2.24) is 15.3 Å². The zero-order valence-corrected chi connectivity index (χ0v) is 9.11. The Balaban J connectivity index is 3.11. The number of rotatable bonds is 4. The minimum absolute atomic E-state index is 0.321. The largest absolute Gasteiger partial charge is 0.480 e. The number of carboxylic acid groups (broad SMARTS) is 1. The molecule has 15 heavy (non-hydrogen) atoms. The minimum atomic E-state index is -0.967. The second kappa shape index (κ2) is 4.84. The lowest BCUT2D eigenvalue weighted by atomic mass is 10.2. The van der Waals surface area contributed by atoms with Crippen LogP contribution in [0.4, 0.5) is 0 Å². The van der Waals surface area contributed by atoms with E-state index in [0.29, 0.717) is 5.82 Å². The van der Waals surface area contributed by atoms with Gasteiger partial charge in [-0.05, 0) is 26.5 Å². The number of likely N-dealkylation sites (N-methyl/N-ethyl adjacent to an activating group) is 1. The number of hydrogen-bond donors (Lipinski definition) is 2. The molecule has 0 saturated heterocycles. The topological polar surface area (TPSA) is 75.1 Å².